The highest BCUT2D eigenvalue weighted by Crippen LogP contribution is 2.29. The molecule has 1 atom stereocenters. The summed E-state index contributed by atoms with van der Waals surface area (Å²) in [5, 5.41) is 3.28. The number of anilines is 1. The van der Waals surface area contributed by atoms with E-state index in [9.17, 15) is 0 Å². The Kier molecular flexibility index (Phi) is 4.52. The molecule has 1 heterocycles. The van der Waals surface area contributed by atoms with Crippen LogP contribution in [0, 0.1) is 0 Å². The molecule has 0 bridgehead atoms. The van der Waals surface area contributed by atoms with Gasteiger partial charge in [-0.25, -0.2) is 4.98 Å². The van der Waals surface area contributed by atoms with Gasteiger partial charge in [-0.05, 0) is 40.3 Å². The molecule has 1 rings (SSSR count). The van der Waals surface area contributed by atoms with Gasteiger partial charge in [0.25, 0.3) is 0 Å². The first-order chi connectivity index (χ1) is 7.94. The van der Waals surface area contributed by atoms with Gasteiger partial charge in [0.05, 0.1) is 0 Å². The first-order valence-corrected chi connectivity index (χ1v) is 6.30. The Bertz CT molecular complexity index is 360. The van der Waals surface area contributed by atoms with Gasteiger partial charge in [0.2, 0.25) is 0 Å². The SMILES string of the molecule is CCC(C)(C)N(C)c1ncccc1C(C)NC. The Labute approximate surface area is 105 Å². The minimum atomic E-state index is 0.122. The van der Waals surface area contributed by atoms with Gasteiger partial charge in [-0.1, -0.05) is 13.0 Å². The molecule has 0 fully saturated rings. The lowest BCUT2D eigenvalue weighted by Gasteiger charge is -2.37. The van der Waals surface area contributed by atoms with E-state index in [1.165, 1.54) is 5.56 Å². The molecule has 0 amide bonds. The normalized spacial score (nSPS) is 13.5. The average molecular weight is 235 g/mol. The monoisotopic (exact) mass is 235 g/mol. The Hall–Kier alpha value is -1.09. The summed E-state index contributed by atoms with van der Waals surface area (Å²) in [5.41, 5.74) is 1.37. The Morgan fingerprint density at radius 1 is 1.47 bits per heavy atom. The third-order valence-electron chi connectivity index (χ3n) is 3.81. The van der Waals surface area contributed by atoms with Crippen LogP contribution in [0.3, 0.4) is 0 Å². The zero-order valence-corrected chi connectivity index (χ0v) is 11.9. The molecule has 17 heavy (non-hydrogen) atoms. The van der Waals surface area contributed by atoms with Crippen LogP contribution in [0.15, 0.2) is 18.3 Å². The summed E-state index contributed by atoms with van der Waals surface area (Å²) in [6.07, 6.45) is 2.96. The van der Waals surface area contributed by atoms with Crippen LogP contribution in [-0.4, -0.2) is 24.6 Å². The number of hydrogen-bond donors (Lipinski definition) is 1. The maximum Gasteiger partial charge on any atom is 0.133 e. The lowest BCUT2D eigenvalue weighted by molar-refractivity contribution is 0.464. The van der Waals surface area contributed by atoms with E-state index in [0.717, 1.165) is 12.2 Å². The largest absolute Gasteiger partial charge is 0.354 e. The van der Waals surface area contributed by atoms with E-state index >= 15 is 0 Å². The molecule has 0 aromatic carbocycles. The standard InChI is InChI=1S/C14H25N3/c1-7-14(3,4)17(6)13-12(11(2)15-5)9-8-10-16-13/h8-11,15H,7H2,1-6H3. The summed E-state index contributed by atoms with van der Waals surface area (Å²) >= 11 is 0. The second-order valence-electron chi connectivity index (χ2n) is 5.15. The molecule has 1 aromatic rings. The number of rotatable bonds is 5. The summed E-state index contributed by atoms with van der Waals surface area (Å²) in [5.74, 6) is 1.07. The fourth-order valence-electron chi connectivity index (χ4n) is 1.71. The van der Waals surface area contributed by atoms with Gasteiger partial charge >= 0.3 is 0 Å². The topological polar surface area (TPSA) is 28.2 Å². The second kappa shape index (κ2) is 5.50. The van der Waals surface area contributed by atoms with E-state index in [1.807, 2.05) is 19.3 Å². The highest BCUT2D eigenvalue weighted by atomic mass is 15.2. The molecule has 0 radical (unpaired) electrons. The third-order valence-corrected chi connectivity index (χ3v) is 3.81. The van der Waals surface area contributed by atoms with Crippen molar-refractivity contribution in [3.8, 4) is 0 Å². The van der Waals surface area contributed by atoms with Gasteiger partial charge in [-0.15, -0.1) is 0 Å². The van der Waals surface area contributed by atoms with Gasteiger partial charge in [-0.2, -0.15) is 0 Å². The van der Waals surface area contributed by atoms with Crippen molar-refractivity contribution in [2.45, 2.75) is 45.7 Å². The first kappa shape index (κ1) is 14.0. The highest BCUT2D eigenvalue weighted by Gasteiger charge is 2.25. The predicted octanol–water partition coefficient (Wildman–Crippen LogP) is 2.99. The number of nitrogens with one attached hydrogen (secondary N) is 1. The Morgan fingerprint density at radius 3 is 2.65 bits per heavy atom. The van der Waals surface area contributed by atoms with E-state index in [2.05, 4.69) is 56.0 Å². The van der Waals surface area contributed by atoms with Gasteiger partial charge in [0.1, 0.15) is 5.82 Å². The predicted molar refractivity (Wildman–Crippen MR) is 74.5 cm³/mol. The molecular weight excluding hydrogens is 210 g/mol. The van der Waals surface area contributed by atoms with Crippen molar-refractivity contribution in [1.29, 1.82) is 0 Å². The Balaban J connectivity index is 3.13. The van der Waals surface area contributed by atoms with Crippen molar-refractivity contribution in [2.24, 2.45) is 0 Å². The van der Waals surface area contributed by atoms with E-state index in [4.69, 9.17) is 0 Å². The summed E-state index contributed by atoms with van der Waals surface area (Å²) < 4.78 is 0. The molecule has 0 aliphatic carbocycles. The van der Waals surface area contributed by atoms with Crippen LogP contribution in [0.4, 0.5) is 5.82 Å². The Morgan fingerprint density at radius 2 is 2.12 bits per heavy atom. The minimum Gasteiger partial charge on any atom is -0.354 e. The molecule has 0 aliphatic rings. The van der Waals surface area contributed by atoms with Gasteiger partial charge in [-0.3, -0.25) is 0 Å². The number of nitrogens with zero attached hydrogens (tertiary/aromatic N) is 2. The number of aromatic nitrogens is 1. The lowest BCUT2D eigenvalue weighted by atomic mass is 9.98. The average Bonchev–Trinajstić information content (AvgIpc) is 2.36. The molecule has 3 nitrogen and oxygen atoms in total. The van der Waals surface area contributed by atoms with E-state index in [1.54, 1.807) is 0 Å². The van der Waals surface area contributed by atoms with E-state index < -0.39 is 0 Å². The van der Waals surface area contributed by atoms with Crippen LogP contribution in [0.1, 0.15) is 45.7 Å². The van der Waals surface area contributed by atoms with E-state index in [-0.39, 0.29) is 5.54 Å². The lowest BCUT2D eigenvalue weighted by Crippen LogP contribution is -2.42. The fourth-order valence-corrected chi connectivity index (χ4v) is 1.71. The number of hydrogen-bond acceptors (Lipinski definition) is 3. The smallest absolute Gasteiger partial charge is 0.133 e. The molecule has 1 unspecified atom stereocenters. The molecular formula is C14H25N3. The van der Waals surface area contributed by atoms with Crippen LogP contribution >= 0.6 is 0 Å². The summed E-state index contributed by atoms with van der Waals surface area (Å²) in [6, 6.07) is 4.46. The maximum absolute atomic E-state index is 4.55. The molecule has 96 valence electrons. The molecule has 0 spiro atoms. The third kappa shape index (κ3) is 2.97. The van der Waals surface area contributed by atoms with Crippen molar-refractivity contribution in [3.63, 3.8) is 0 Å². The van der Waals surface area contributed by atoms with Crippen molar-refractivity contribution in [2.75, 3.05) is 19.0 Å². The number of pyridine rings is 1. The molecule has 0 aliphatic heterocycles. The summed E-state index contributed by atoms with van der Waals surface area (Å²) in [6.45, 7) is 8.86. The van der Waals surface area contributed by atoms with Gasteiger partial charge in [0, 0.05) is 30.4 Å². The fraction of sp³-hybridized carbons (Fsp3) is 0.643. The molecule has 3 heteroatoms. The quantitative estimate of drug-likeness (QED) is 0.850. The van der Waals surface area contributed by atoms with Crippen molar-refractivity contribution < 1.29 is 0 Å². The molecule has 0 saturated carbocycles. The zero-order chi connectivity index (χ0) is 13.1. The van der Waals surface area contributed by atoms with Crippen LogP contribution in [0.5, 0.6) is 0 Å². The van der Waals surface area contributed by atoms with Gasteiger partial charge in [0.15, 0.2) is 0 Å². The summed E-state index contributed by atoms with van der Waals surface area (Å²) in [7, 11) is 4.10. The zero-order valence-electron chi connectivity index (χ0n) is 11.9. The van der Waals surface area contributed by atoms with Crippen molar-refractivity contribution in [1.82, 2.24) is 10.3 Å². The highest BCUT2D eigenvalue weighted by molar-refractivity contribution is 5.49. The van der Waals surface area contributed by atoms with Crippen molar-refractivity contribution >= 4 is 5.82 Å². The van der Waals surface area contributed by atoms with Crippen LogP contribution in [-0.2, 0) is 0 Å². The molecule has 1 N–H and O–H groups in total. The van der Waals surface area contributed by atoms with Crippen LogP contribution in [0.2, 0.25) is 0 Å². The maximum atomic E-state index is 4.55. The first-order valence-electron chi connectivity index (χ1n) is 6.30. The van der Waals surface area contributed by atoms with Gasteiger partial charge < -0.3 is 10.2 Å². The second-order valence-corrected chi connectivity index (χ2v) is 5.15. The summed E-state index contributed by atoms with van der Waals surface area (Å²) in [4.78, 5) is 6.82. The van der Waals surface area contributed by atoms with Crippen LogP contribution in [0.25, 0.3) is 0 Å². The molecule has 1 aromatic heterocycles. The van der Waals surface area contributed by atoms with E-state index in [0.29, 0.717) is 6.04 Å². The minimum absolute atomic E-state index is 0.122. The van der Waals surface area contributed by atoms with Crippen molar-refractivity contribution in [3.05, 3.63) is 23.9 Å². The molecule has 0 saturated heterocycles. The van der Waals surface area contributed by atoms with Crippen LogP contribution < -0.4 is 10.2 Å².